The fourth-order valence-electron chi connectivity index (χ4n) is 3.48. The first-order valence-corrected chi connectivity index (χ1v) is 8.35. The lowest BCUT2D eigenvalue weighted by atomic mass is 9.90. The number of carbonyl (C=O) groups is 1. The van der Waals surface area contributed by atoms with Crippen molar-refractivity contribution in [2.24, 2.45) is 0 Å². The van der Waals surface area contributed by atoms with E-state index in [9.17, 15) is 4.79 Å². The van der Waals surface area contributed by atoms with Crippen LogP contribution in [-0.4, -0.2) is 33.2 Å². The van der Waals surface area contributed by atoms with Crippen LogP contribution in [-0.2, 0) is 17.9 Å². The summed E-state index contributed by atoms with van der Waals surface area (Å²) in [5.74, 6) is 0.821. The molecule has 1 unspecified atom stereocenters. The van der Waals surface area contributed by atoms with Crippen molar-refractivity contribution >= 4 is 5.91 Å². The predicted octanol–water partition coefficient (Wildman–Crippen LogP) is 2.09. The number of hydrogen-bond acceptors (Lipinski definition) is 4. The Morgan fingerprint density at radius 1 is 1.39 bits per heavy atom. The predicted molar refractivity (Wildman–Crippen MR) is 84.5 cm³/mol. The third-order valence-electron chi connectivity index (χ3n) is 4.96. The zero-order valence-corrected chi connectivity index (χ0v) is 13.1. The van der Waals surface area contributed by atoms with Gasteiger partial charge in [0.2, 0.25) is 5.91 Å². The number of rotatable bonds is 5. The van der Waals surface area contributed by atoms with Crippen LogP contribution >= 0.6 is 0 Å². The van der Waals surface area contributed by atoms with Crippen LogP contribution in [0.2, 0.25) is 0 Å². The lowest BCUT2D eigenvalue weighted by molar-refractivity contribution is -0.122. The van der Waals surface area contributed by atoms with E-state index in [2.05, 4.69) is 21.4 Å². The second-order valence-electron chi connectivity index (χ2n) is 6.50. The summed E-state index contributed by atoms with van der Waals surface area (Å²) in [6, 6.07) is 6.57. The molecule has 1 aliphatic carbocycles. The number of aromatic nitrogens is 2. The minimum Gasteiger partial charge on any atom is -0.467 e. The summed E-state index contributed by atoms with van der Waals surface area (Å²) in [5.41, 5.74) is 1.21. The van der Waals surface area contributed by atoms with Crippen LogP contribution in [0.1, 0.15) is 43.2 Å². The lowest BCUT2D eigenvalue weighted by Gasteiger charge is -2.42. The Morgan fingerprint density at radius 2 is 2.30 bits per heavy atom. The molecule has 1 saturated carbocycles. The van der Waals surface area contributed by atoms with E-state index >= 15 is 0 Å². The summed E-state index contributed by atoms with van der Waals surface area (Å²) in [5, 5.41) is 7.37. The molecule has 0 bridgehead atoms. The maximum Gasteiger partial charge on any atom is 0.222 e. The normalized spacial score (nSPS) is 21.7. The molecule has 0 saturated heterocycles. The molecule has 4 rings (SSSR count). The second-order valence-corrected chi connectivity index (χ2v) is 6.50. The van der Waals surface area contributed by atoms with Gasteiger partial charge in [-0.1, -0.05) is 6.42 Å². The van der Waals surface area contributed by atoms with Gasteiger partial charge in [-0.2, -0.15) is 5.10 Å². The second kappa shape index (κ2) is 6.20. The number of amides is 1. The minimum absolute atomic E-state index is 0.0447. The third kappa shape index (κ3) is 3.03. The summed E-state index contributed by atoms with van der Waals surface area (Å²) >= 11 is 0. The smallest absolute Gasteiger partial charge is 0.222 e. The number of nitrogens with one attached hydrogen (secondary N) is 1. The molecule has 6 heteroatoms. The fourth-order valence-corrected chi connectivity index (χ4v) is 3.48. The number of nitrogens with zero attached hydrogens (tertiary/aromatic N) is 3. The van der Waals surface area contributed by atoms with Crippen molar-refractivity contribution in [2.45, 2.75) is 50.9 Å². The average Bonchev–Trinajstić information content (AvgIpc) is 3.14. The van der Waals surface area contributed by atoms with Crippen molar-refractivity contribution in [1.82, 2.24) is 20.0 Å². The van der Waals surface area contributed by atoms with Crippen LogP contribution in [0.3, 0.4) is 0 Å². The lowest BCUT2D eigenvalue weighted by Crippen LogP contribution is -2.47. The van der Waals surface area contributed by atoms with Crippen LogP contribution in [0, 0.1) is 0 Å². The van der Waals surface area contributed by atoms with Gasteiger partial charge in [-0.05, 0) is 31.0 Å². The van der Waals surface area contributed by atoms with Crippen LogP contribution in [0.15, 0.2) is 35.1 Å². The molecule has 2 aromatic heterocycles. The standard InChI is InChI=1S/C17H22N4O2/c22-17(18-10-16-5-2-8-23-16)9-15-12-20(13-3-1-4-13)11-14-6-7-19-21(14)15/h2,5-8,13,15H,1,3-4,9-12H2,(H,18,22). The highest BCUT2D eigenvalue weighted by Gasteiger charge is 2.33. The van der Waals surface area contributed by atoms with Crippen molar-refractivity contribution in [3.63, 3.8) is 0 Å². The Labute approximate surface area is 135 Å². The van der Waals surface area contributed by atoms with Gasteiger partial charge in [-0.25, -0.2) is 0 Å². The van der Waals surface area contributed by atoms with E-state index < -0.39 is 0 Å². The number of hydrogen-bond donors (Lipinski definition) is 1. The molecule has 0 spiro atoms. The Balaban J connectivity index is 1.39. The molecule has 1 atom stereocenters. The Hall–Kier alpha value is -2.08. The first-order chi connectivity index (χ1) is 11.3. The summed E-state index contributed by atoms with van der Waals surface area (Å²) in [7, 11) is 0. The van der Waals surface area contributed by atoms with Crippen molar-refractivity contribution < 1.29 is 9.21 Å². The van der Waals surface area contributed by atoms with Crippen LogP contribution in [0.4, 0.5) is 0 Å². The molecule has 23 heavy (non-hydrogen) atoms. The number of furan rings is 1. The van der Waals surface area contributed by atoms with Gasteiger partial charge in [0.25, 0.3) is 0 Å². The van der Waals surface area contributed by atoms with E-state index in [4.69, 9.17) is 4.42 Å². The van der Waals surface area contributed by atoms with Crippen molar-refractivity contribution in [2.75, 3.05) is 6.54 Å². The summed E-state index contributed by atoms with van der Waals surface area (Å²) in [6.07, 6.45) is 7.81. The van der Waals surface area contributed by atoms with Gasteiger partial charge in [0, 0.05) is 25.3 Å². The minimum atomic E-state index is 0.0447. The first-order valence-electron chi connectivity index (χ1n) is 8.35. The van der Waals surface area contributed by atoms with E-state index in [0.717, 1.165) is 18.8 Å². The van der Waals surface area contributed by atoms with Crippen molar-refractivity contribution in [1.29, 1.82) is 0 Å². The summed E-state index contributed by atoms with van der Waals surface area (Å²) in [4.78, 5) is 14.8. The molecule has 122 valence electrons. The van der Waals surface area contributed by atoms with Gasteiger partial charge in [0.05, 0.1) is 31.0 Å². The molecule has 0 radical (unpaired) electrons. The van der Waals surface area contributed by atoms with Crippen LogP contribution < -0.4 is 5.32 Å². The quantitative estimate of drug-likeness (QED) is 0.918. The van der Waals surface area contributed by atoms with E-state index in [-0.39, 0.29) is 11.9 Å². The zero-order chi connectivity index (χ0) is 15.6. The van der Waals surface area contributed by atoms with Crippen molar-refractivity contribution in [3.8, 4) is 0 Å². The highest BCUT2D eigenvalue weighted by molar-refractivity contribution is 5.76. The molecule has 2 aliphatic rings. The fraction of sp³-hybridized carbons (Fsp3) is 0.529. The Bertz CT molecular complexity index is 660. The Kier molecular flexibility index (Phi) is 3.91. The van der Waals surface area contributed by atoms with Gasteiger partial charge in [0.15, 0.2) is 0 Å². The molecule has 1 fully saturated rings. The number of carbonyl (C=O) groups excluding carboxylic acids is 1. The number of fused-ring (bicyclic) bond motifs is 1. The maximum atomic E-state index is 12.3. The zero-order valence-electron chi connectivity index (χ0n) is 13.1. The van der Waals surface area contributed by atoms with E-state index in [1.807, 2.05) is 23.0 Å². The molecule has 6 nitrogen and oxygen atoms in total. The maximum absolute atomic E-state index is 12.3. The topological polar surface area (TPSA) is 63.3 Å². The third-order valence-corrected chi connectivity index (χ3v) is 4.96. The van der Waals surface area contributed by atoms with Crippen LogP contribution in [0.5, 0.6) is 0 Å². The summed E-state index contributed by atoms with van der Waals surface area (Å²) < 4.78 is 7.28. The highest BCUT2D eigenvalue weighted by Crippen LogP contribution is 2.31. The molecule has 1 aliphatic heterocycles. The van der Waals surface area contributed by atoms with Gasteiger partial charge in [-0.3, -0.25) is 14.4 Å². The monoisotopic (exact) mass is 314 g/mol. The molecule has 1 amide bonds. The molecular formula is C17H22N4O2. The van der Waals surface area contributed by atoms with Crippen LogP contribution in [0.25, 0.3) is 0 Å². The molecule has 1 N–H and O–H groups in total. The molecule has 0 aromatic carbocycles. The Morgan fingerprint density at radius 3 is 3.04 bits per heavy atom. The highest BCUT2D eigenvalue weighted by atomic mass is 16.3. The van der Waals surface area contributed by atoms with Gasteiger partial charge >= 0.3 is 0 Å². The largest absolute Gasteiger partial charge is 0.467 e. The SMILES string of the molecule is O=C(CC1CN(C2CCC2)Cc2ccnn21)NCc1ccco1. The van der Waals surface area contributed by atoms with E-state index in [1.165, 1.54) is 25.0 Å². The molecule has 2 aromatic rings. The summed E-state index contributed by atoms with van der Waals surface area (Å²) in [6.45, 7) is 2.31. The van der Waals surface area contributed by atoms with Gasteiger partial charge in [-0.15, -0.1) is 0 Å². The van der Waals surface area contributed by atoms with E-state index in [0.29, 0.717) is 19.0 Å². The van der Waals surface area contributed by atoms with Gasteiger partial charge in [0.1, 0.15) is 5.76 Å². The van der Waals surface area contributed by atoms with Gasteiger partial charge < -0.3 is 9.73 Å². The molecular weight excluding hydrogens is 292 g/mol. The first kappa shape index (κ1) is 14.5. The molecule has 3 heterocycles. The average molecular weight is 314 g/mol. The van der Waals surface area contributed by atoms with Crippen molar-refractivity contribution in [3.05, 3.63) is 42.1 Å². The van der Waals surface area contributed by atoms with E-state index in [1.54, 1.807) is 6.26 Å².